The fourth-order valence-corrected chi connectivity index (χ4v) is 2.29. The molecule has 1 aromatic rings. The first-order chi connectivity index (χ1) is 9.39. The van der Waals surface area contributed by atoms with E-state index in [-0.39, 0.29) is 5.54 Å². The van der Waals surface area contributed by atoms with Gasteiger partial charge in [-0.1, -0.05) is 11.6 Å². The van der Waals surface area contributed by atoms with Crippen molar-refractivity contribution >= 4 is 17.4 Å². The minimum atomic E-state index is 0.0689. The molecule has 0 amide bonds. The Bertz CT molecular complexity index is 450. The standard InChI is InChI=1S/C16H26ClN3/c1-5-20(11-12-6-7-12)15-9-8-13(17)14(19-15)10-18-16(2,3)4/h8-9,12,18H,5-7,10-11H2,1-4H3. The molecule has 0 aliphatic heterocycles. The summed E-state index contributed by atoms with van der Waals surface area (Å²) in [6.07, 6.45) is 2.73. The van der Waals surface area contributed by atoms with Crippen molar-refractivity contribution < 1.29 is 0 Å². The molecule has 0 atom stereocenters. The molecule has 0 spiro atoms. The number of rotatable bonds is 6. The third kappa shape index (κ3) is 4.64. The zero-order chi connectivity index (χ0) is 14.8. The molecule has 3 nitrogen and oxygen atoms in total. The minimum Gasteiger partial charge on any atom is -0.357 e. The molecule has 0 unspecified atom stereocenters. The van der Waals surface area contributed by atoms with Crippen LogP contribution in [0.1, 0.15) is 46.2 Å². The summed E-state index contributed by atoms with van der Waals surface area (Å²) in [4.78, 5) is 7.11. The quantitative estimate of drug-likeness (QED) is 0.864. The summed E-state index contributed by atoms with van der Waals surface area (Å²) in [6, 6.07) is 4.01. The van der Waals surface area contributed by atoms with Gasteiger partial charge < -0.3 is 10.2 Å². The van der Waals surface area contributed by atoms with Crippen LogP contribution in [0.4, 0.5) is 5.82 Å². The second-order valence-electron chi connectivity index (χ2n) is 6.68. The Morgan fingerprint density at radius 2 is 2.05 bits per heavy atom. The fraction of sp³-hybridized carbons (Fsp3) is 0.688. The zero-order valence-electron chi connectivity index (χ0n) is 13.0. The summed E-state index contributed by atoms with van der Waals surface area (Å²) in [5.41, 5.74) is 1.01. The molecule has 2 rings (SSSR count). The molecule has 1 aromatic heterocycles. The van der Waals surface area contributed by atoms with Crippen LogP contribution in [0.2, 0.25) is 5.02 Å². The van der Waals surface area contributed by atoms with Crippen molar-refractivity contribution in [1.82, 2.24) is 10.3 Å². The van der Waals surface area contributed by atoms with Crippen molar-refractivity contribution in [3.05, 3.63) is 22.8 Å². The lowest BCUT2D eigenvalue weighted by atomic mass is 10.1. The lowest BCUT2D eigenvalue weighted by Crippen LogP contribution is -2.35. The van der Waals surface area contributed by atoms with Crippen LogP contribution in [0.15, 0.2) is 12.1 Å². The van der Waals surface area contributed by atoms with Crippen LogP contribution in [0.3, 0.4) is 0 Å². The molecule has 112 valence electrons. The fourth-order valence-electron chi connectivity index (χ4n) is 2.12. The predicted molar refractivity (Wildman–Crippen MR) is 86.5 cm³/mol. The first kappa shape index (κ1) is 15.6. The average Bonchev–Trinajstić information content (AvgIpc) is 3.18. The summed E-state index contributed by atoms with van der Waals surface area (Å²) >= 11 is 6.27. The molecular formula is C16H26ClN3. The molecule has 0 saturated heterocycles. The highest BCUT2D eigenvalue weighted by Crippen LogP contribution is 2.31. The second kappa shape index (κ2) is 6.31. The van der Waals surface area contributed by atoms with Crippen molar-refractivity contribution in [1.29, 1.82) is 0 Å². The molecule has 1 aliphatic carbocycles. The van der Waals surface area contributed by atoms with Crippen molar-refractivity contribution in [2.75, 3.05) is 18.0 Å². The Hall–Kier alpha value is -0.800. The van der Waals surface area contributed by atoms with Gasteiger partial charge in [0.25, 0.3) is 0 Å². The second-order valence-corrected chi connectivity index (χ2v) is 7.09. The third-order valence-electron chi connectivity index (χ3n) is 3.57. The Morgan fingerprint density at radius 3 is 2.60 bits per heavy atom. The van der Waals surface area contributed by atoms with E-state index < -0.39 is 0 Å². The summed E-state index contributed by atoms with van der Waals surface area (Å²) in [7, 11) is 0. The first-order valence-electron chi connectivity index (χ1n) is 7.54. The Kier molecular flexibility index (Phi) is 4.92. The molecule has 1 saturated carbocycles. The maximum atomic E-state index is 6.27. The smallest absolute Gasteiger partial charge is 0.128 e. The van der Waals surface area contributed by atoms with E-state index in [1.54, 1.807) is 0 Å². The SMILES string of the molecule is CCN(CC1CC1)c1ccc(Cl)c(CNC(C)(C)C)n1. The minimum absolute atomic E-state index is 0.0689. The molecule has 1 fully saturated rings. The lowest BCUT2D eigenvalue weighted by molar-refractivity contribution is 0.421. The van der Waals surface area contributed by atoms with Crippen LogP contribution < -0.4 is 10.2 Å². The van der Waals surface area contributed by atoms with Gasteiger partial charge in [0.15, 0.2) is 0 Å². The predicted octanol–water partition coefficient (Wildman–Crippen LogP) is 3.86. The van der Waals surface area contributed by atoms with E-state index in [0.29, 0.717) is 6.54 Å². The Labute approximate surface area is 127 Å². The van der Waals surface area contributed by atoms with E-state index in [2.05, 4.69) is 37.9 Å². The summed E-state index contributed by atoms with van der Waals surface area (Å²) in [6.45, 7) is 11.5. The molecule has 0 aromatic carbocycles. The monoisotopic (exact) mass is 295 g/mol. The van der Waals surface area contributed by atoms with Gasteiger partial charge in [0, 0.05) is 25.2 Å². The van der Waals surface area contributed by atoms with Gasteiger partial charge in [-0.2, -0.15) is 0 Å². The van der Waals surface area contributed by atoms with Crippen molar-refractivity contribution in [2.24, 2.45) is 5.92 Å². The van der Waals surface area contributed by atoms with E-state index >= 15 is 0 Å². The van der Waals surface area contributed by atoms with Crippen LogP contribution in [0.25, 0.3) is 0 Å². The van der Waals surface area contributed by atoms with Crippen LogP contribution >= 0.6 is 11.6 Å². The molecule has 20 heavy (non-hydrogen) atoms. The normalized spacial score (nSPS) is 15.4. The lowest BCUT2D eigenvalue weighted by Gasteiger charge is -2.24. The topological polar surface area (TPSA) is 28.2 Å². The van der Waals surface area contributed by atoms with Gasteiger partial charge in [-0.25, -0.2) is 4.98 Å². The Morgan fingerprint density at radius 1 is 1.35 bits per heavy atom. The molecule has 1 aliphatic rings. The molecular weight excluding hydrogens is 270 g/mol. The van der Waals surface area contributed by atoms with Crippen LogP contribution in [0, 0.1) is 5.92 Å². The van der Waals surface area contributed by atoms with Crippen LogP contribution in [-0.4, -0.2) is 23.6 Å². The van der Waals surface area contributed by atoms with Gasteiger partial charge in [-0.15, -0.1) is 0 Å². The average molecular weight is 296 g/mol. The van der Waals surface area contributed by atoms with Gasteiger partial charge in [0.2, 0.25) is 0 Å². The van der Waals surface area contributed by atoms with Crippen LogP contribution in [-0.2, 0) is 6.54 Å². The maximum absolute atomic E-state index is 6.27. The van der Waals surface area contributed by atoms with E-state index in [9.17, 15) is 0 Å². The zero-order valence-corrected chi connectivity index (χ0v) is 13.8. The highest BCUT2D eigenvalue weighted by Gasteiger charge is 2.24. The Balaban J connectivity index is 2.09. The largest absolute Gasteiger partial charge is 0.357 e. The number of hydrogen-bond donors (Lipinski definition) is 1. The van der Waals surface area contributed by atoms with E-state index in [0.717, 1.165) is 35.5 Å². The molecule has 1 heterocycles. The number of nitrogens with one attached hydrogen (secondary N) is 1. The number of pyridine rings is 1. The highest BCUT2D eigenvalue weighted by molar-refractivity contribution is 6.31. The van der Waals surface area contributed by atoms with E-state index in [1.807, 2.05) is 12.1 Å². The van der Waals surface area contributed by atoms with Crippen molar-refractivity contribution in [3.63, 3.8) is 0 Å². The van der Waals surface area contributed by atoms with Crippen LogP contribution in [0.5, 0.6) is 0 Å². The molecule has 0 radical (unpaired) electrons. The van der Waals surface area contributed by atoms with Gasteiger partial charge >= 0.3 is 0 Å². The highest BCUT2D eigenvalue weighted by atomic mass is 35.5. The van der Waals surface area contributed by atoms with Gasteiger partial charge in [0.05, 0.1) is 10.7 Å². The number of aromatic nitrogens is 1. The third-order valence-corrected chi connectivity index (χ3v) is 3.92. The summed E-state index contributed by atoms with van der Waals surface area (Å²) < 4.78 is 0. The van der Waals surface area contributed by atoms with Gasteiger partial charge in [0.1, 0.15) is 5.82 Å². The van der Waals surface area contributed by atoms with Crippen molar-refractivity contribution in [3.8, 4) is 0 Å². The van der Waals surface area contributed by atoms with Gasteiger partial charge in [-0.3, -0.25) is 0 Å². The molecule has 1 N–H and O–H groups in total. The van der Waals surface area contributed by atoms with E-state index in [4.69, 9.17) is 16.6 Å². The number of anilines is 1. The summed E-state index contributed by atoms with van der Waals surface area (Å²) in [5, 5.41) is 4.19. The van der Waals surface area contributed by atoms with Crippen molar-refractivity contribution in [2.45, 2.75) is 52.6 Å². The first-order valence-corrected chi connectivity index (χ1v) is 7.92. The molecule has 0 bridgehead atoms. The van der Waals surface area contributed by atoms with E-state index in [1.165, 1.54) is 12.8 Å². The van der Waals surface area contributed by atoms with Gasteiger partial charge in [-0.05, 0) is 58.6 Å². The number of nitrogens with zero attached hydrogens (tertiary/aromatic N) is 2. The number of halogens is 1. The summed E-state index contributed by atoms with van der Waals surface area (Å²) in [5.74, 6) is 1.91. The number of hydrogen-bond acceptors (Lipinski definition) is 3. The molecule has 4 heteroatoms. The maximum Gasteiger partial charge on any atom is 0.128 e.